The molecule has 0 saturated heterocycles. The summed E-state index contributed by atoms with van der Waals surface area (Å²) in [5, 5.41) is 9.22. The molecule has 6 nitrogen and oxygen atoms in total. The molecule has 0 aromatic heterocycles. The van der Waals surface area contributed by atoms with E-state index < -0.39 is 43.9 Å². The lowest BCUT2D eigenvalue weighted by molar-refractivity contribution is -0.150. The molecule has 0 saturated carbocycles. The molecule has 0 aliphatic rings. The number of carbonyl (C=O) groups excluding carboxylic acids is 2. The smallest absolute Gasteiger partial charge is 0.389 e. The SMILES string of the molecule is O=C(CCCCCN(CCCCO)CCCCCCCC(=O)OC(CCCCCCCC(F)(F)F)CCCCCC(F)(F)F)OCCCCCCCCCCC(F)(F)F. The Bertz CT molecular complexity index is 980. The average molecular weight is 872 g/mol. The maximum absolute atomic E-state index is 12.6. The van der Waals surface area contributed by atoms with Crippen molar-refractivity contribution in [2.45, 2.75) is 237 Å². The van der Waals surface area contributed by atoms with Crippen molar-refractivity contribution in [3.05, 3.63) is 0 Å². The second-order valence-corrected chi connectivity index (χ2v) is 16.3. The minimum atomic E-state index is -4.19. The van der Waals surface area contributed by atoms with Crippen LogP contribution in [0.3, 0.4) is 0 Å². The van der Waals surface area contributed by atoms with Crippen LogP contribution in [0.2, 0.25) is 0 Å². The second kappa shape index (κ2) is 36.8. The summed E-state index contributed by atoms with van der Waals surface area (Å²) in [6.45, 7) is 3.30. The van der Waals surface area contributed by atoms with Crippen molar-refractivity contribution in [1.82, 2.24) is 4.90 Å². The second-order valence-electron chi connectivity index (χ2n) is 16.3. The van der Waals surface area contributed by atoms with Gasteiger partial charge in [-0.25, -0.2) is 0 Å². The van der Waals surface area contributed by atoms with Crippen LogP contribution in [0.4, 0.5) is 39.5 Å². The molecule has 1 atom stereocenters. The summed E-state index contributed by atoms with van der Waals surface area (Å²) < 4.78 is 122. The summed E-state index contributed by atoms with van der Waals surface area (Å²) in [6, 6.07) is 0. The summed E-state index contributed by atoms with van der Waals surface area (Å²) in [5.74, 6) is -0.502. The summed E-state index contributed by atoms with van der Waals surface area (Å²) in [4.78, 5) is 27.1. The van der Waals surface area contributed by atoms with Crippen LogP contribution < -0.4 is 0 Å². The first kappa shape index (κ1) is 57.2. The Morgan fingerprint density at radius 3 is 1.22 bits per heavy atom. The quantitative estimate of drug-likeness (QED) is 0.0375. The van der Waals surface area contributed by atoms with E-state index in [4.69, 9.17) is 9.47 Å². The molecule has 59 heavy (non-hydrogen) atoms. The molecule has 1 unspecified atom stereocenters. The summed E-state index contributed by atoms with van der Waals surface area (Å²) in [5.41, 5.74) is 0. The van der Waals surface area contributed by atoms with Crippen LogP contribution in [-0.4, -0.2) is 79.4 Å². The summed E-state index contributed by atoms with van der Waals surface area (Å²) in [7, 11) is 0. The van der Waals surface area contributed by atoms with Crippen molar-refractivity contribution in [3.63, 3.8) is 0 Å². The fourth-order valence-corrected chi connectivity index (χ4v) is 7.05. The van der Waals surface area contributed by atoms with E-state index in [1.165, 1.54) is 0 Å². The van der Waals surface area contributed by atoms with Crippen LogP contribution in [0.25, 0.3) is 0 Å². The molecule has 0 fully saturated rings. The van der Waals surface area contributed by atoms with Gasteiger partial charge < -0.3 is 19.5 Å². The van der Waals surface area contributed by atoms with Gasteiger partial charge in [0.25, 0.3) is 0 Å². The molecule has 352 valence electrons. The predicted octanol–water partition coefficient (Wildman–Crippen LogP) is 14.3. The molecule has 0 rings (SSSR count). The number of ether oxygens (including phenoxy) is 2. The number of esters is 2. The highest BCUT2D eigenvalue weighted by molar-refractivity contribution is 5.69. The van der Waals surface area contributed by atoms with E-state index in [1.54, 1.807) is 0 Å². The summed E-state index contributed by atoms with van der Waals surface area (Å²) in [6.07, 6.45) is 5.14. The molecule has 15 heteroatoms. The van der Waals surface area contributed by atoms with Gasteiger partial charge in [-0.2, -0.15) is 39.5 Å². The molecule has 0 amide bonds. The van der Waals surface area contributed by atoms with Gasteiger partial charge in [-0.1, -0.05) is 89.9 Å². The van der Waals surface area contributed by atoms with Crippen molar-refractivity contribution < 1.29 is 63.7 Å². The molecule has 0 spiro atoms. The van der Waals surface area contributed by atoms with Gasteiger partial charge in [0, 0.05) is 38.7 Å². The van der Waals surface area contributed by atoms with Gasteiger partial charge in [0.2, 0.25) is 0 Å². The normalized spacial score (nSPS) is 13.0. The number of aliphatic hydroxyl groups excluding tert-OH is 1. The monoisotopic (exact) mass is 872 g/mol. The van der Waals surface area contributed by atoms with Crippen molar-refractivity contribution in [2.75, 3.05) is 32.8 Å². The van der Waals surface area contributed by atoms with E-state index in [9.17, 15) is 54.2 Å². The van der Waals surface area contributed by atoms with Gasteiger partial charge in [0.1, 0.15) is 6.10 Å². The molecule has 0 bridgehead atoms. The number of nitrogens with zero attached hydrogens (tertiary/aromatic N) is 1. The van der Waals surface area contributed by atoms with Gasteiger partial charge >= 0.3 is 30.5 Å². The van der Waals surface area contributed by atoms with Crippen LogP contribution in [0.15, 0.2) is 0 Å². The minimum absolute atomic E-state index is 0.0268. The van der Waals surface area contributed by atoms with Gasteiger partial charge in [-0.05, 0) is 110 Å². The van der Waals surface area contributed by atoms with Crippen molar-refractivity contribution >= 4 is 11.9 Å². The Hall–Kier alpha value is -1.77. The highest BCUT2D eigenvalue weighted by Gasteiger charge is 2.27. The third-order valence-corrected chi connectivity index (χ3v) is 10.5. The number of rotatable bonds is 41. The molecule has 0 aliphatic carbocycles. The standard InChI is InChI=1S/C44H78F9NO5/c45-42(46,47)31-19-9-3-1-2-4-12-26-38-58-40(56)29-18-14-23-35-54(36-24-25-37-55)34-22-11-6-8-17-30-41(57)59-39(28-16-13-21-33-44(51,52)53)27-15-7-5-10-20-32-43(48,49)50/h39,55H,1-38H2. The summed E-state index contributed by atoms with van der Waals surface area (Å²) >= 11 is 0. The predicted molar refractivity (Wildman–Crippen MR) is 215 cm³/mol. The Labute approximate surface area is 349 Å². The highest BCUT2D eigenvalue weighted by Crippen LogP contribution is 2.26. The van der Waals surface area contributed by atoms with Crippen LogP contribution in [0.5, 0.6) is 0 Å². The van der Waals surface area contributed by atoms with E-state index in [1.807, 2.05) is 0 Å². The molecule has 0 aromatic carbocycles. The van der Waals surface area contributed by atoms with Crippen molar-refractivity contribution in [2.24, 2.45) is 0 Å². The number of aliphatic hydroxyl groups is 1. The van der Waals surface area contributed by atoms with E-state index in [2.05, 4.69) is 4.90 Å². The van der Waals surface area contributed by atoms with Crippen molar-refractivity contribution in [3.8, 4) is 0 Å². The van der Waals surface area contributed by atoms with Crippen LogP contribution in [-0.2, 0) is 19.1 Å². The molecule has 1 N–H and O–H groups in total. The molecule has 0 aliphatic heterocycles. The largest absolute Gasteiger partial charge is 0.466 e. The number of halogens is 9. The zero-order valence-corrected chi connectivity index (χ0v) is 35.9. The number of carbonyl (C=O) groups is 2. The zero-order valence-electron chi connectivity index (χ0n) is 35.9. The van der Waals surface area contributed by atoms with Crippen LogP contribution in [0, 0.1) is 0 Å². The zero-order chi connectivity index (χ0) is 44.1. The van der Waals surface area contributed by atoms with Gasteiger partial charge in [0.15, 0.2) is 0 Å². The van der Waals surface area contributed by atoms with Gasteiger partial charge in [-0.3, -0.25) is 9.59 Å². The molecular weight excluding hydrogens is 793 g/mol. The lowest BCUT2D eigenvalue weighted by Gasteiger charge is -2.22. The Kier molecular flexibility index (Phi) is 35.7. The molecule has 0 heterocycles. The van der Waals surface area contributed by atoms with Crippen LogP contribution in [0.1, 0.15) is 212 Å². The first-order valence-corrected chi connectivity index (χ1v) is 22.9. The third kappa shape index (κ3) is 45.6. The third-order valence-electron chi connectivity index (χ3n) is 10.5. The Morgan fingerprint density at radius 1 is 0.424 bits per heavy atom. The molecular formula is C44H78F9NO5. The van der Waals surface area contributed by atoms with Gasteiger partial charge in [0.05, 0.1) is 6.61 Å². The number of alkyl halides is 9. The van der Waals surface area contributed by atoms with E-state index in [-0.39, 0.29) is 44.2 Å². The van der Waals surface area contributed by atoms with E-state index in [0.29, 0.717) is 77.2 Å². The Morgan fingerprint density at radius 2 is 0.763 bits per heavy atom. The Balaban J connectivity index is 4.21. The number of unbranched alkanes of at least 4 members (excludes halogenated alkanes) is 20. The maximum Gasteiger partial charge on any atom is 0.389 e. The minimum Gasteiger partial charge on any atom is -0.466 e. The topological polar surface area (TPSA) is 76.1 Å². The fourth-order valence-electron chi connectivity index (χ4n) is 7.05. The average Bonchev–Trinajstić information content (AvgIpc) is 3.14. The number of hydrogen-bond donors (Lipinski definition) is 1. The first-order valence-electron chi connectivity index (χ1n) is 22.9. The first-order chi connectivity index (χ1) is 28.0. The van der Waals surface area contributed by atoms with Crippen LogP contribution >= 0.6 is 0 Å². The van der Waals surface area contributed by atoms with E-state index in [0.717, 1.165) is 116 Å². The molecule has 0 aromatic rings. The lowest BCUT2D eigenvalue weighted by Crippen LogP contribution is -2.27. The molecule has 0 radical (unpaired) electrons. The van der Waals surface area contributed by atoms with Gasteiger partial charge in [-0.15, -0.1) is 0 Å². The van der Waals surface area contributed by atoms with Crippen molar-refractivity contribution in [1.29, 1.82) is 0 Å². The lowest BCUT2D eigenvalue weighted by atomic mass is 10.0. The number of hydrogen-bond acceptors (Lipinski definition) is 6. The van der Waals surface area contributed by atoms with E-state index >= 15 is 0 Å². The maximum atomic E-state index is 12.6. The fraction of sp³-hybridized carbons (Fsp3) is 0.955. The highest BCUT2D eigenvalue weighted by atomic mass is 19.4.